The Morgan fingerprint density at radius 3 is 0.593 bits per heavy atom. The van der Waals surface area contributed by atoms with Crippen LogP contribution < -0.4 is 0 Å². The molecule has 0 aliphatic heterocycles. The fourth-order valence-corrected chi connectivity index (χ4v) is 4.69. The van der Waals surface area contributed by atoms with Crippen LogP contribution in [0.3, 0.4) is 0 Å². The lowest BCUT2D eigenvalue weighted by Gasteiger charge is -2.41. The quantitative estimate of drug-likeness (QED) is 0.0613. The summed E-state index contributed by atoms with van der Waals surface area (Å²) in [4.78, 5) is 85.0. The lowest BCUT2D eigenvalue weighted by atomic mass is 9.72. The lowest BCUT2D eigenvalue weighted by molar-refractivity contribution is -0.156. The van der Waals surface area contributed by atoms with E-state index in [1.54, 1.807) is 140 Å². The smallest absolute Gasteiger partial charge is 0.228 e. The summed E-state index contributed by atoms with van der Waals surface area (Å²) >= 11 is 0. The summed E-state index contributed by atoms with van der Waals surface area (Å²) in [5.74, 6) is 0.226. The van der Waals surface area contributed by atoms with Gasteiger partial charge in [0.2, 0.25) is 41.4 Å². The van der Waals surface area contributed by atoms with Crippen LogP contribution in [0, 0.1) is 5.41 Å². The Morgan fingerprint density at radius 2 is 0.481 bits per heavy atom. The van der Waals surface area contributed by atoms with E-state index in [0.29, 0.717) is 0 Å². The first-order valence-electron chi connectivity index (χ1n) is 26.8. The minimum absolute atomic E-state index is 0.00547. The van der Waals surface area contributed by atoms with Crippen molar-refractivity contribution in [3.05, 3.63) is 0 Å². The molecular formula is C55H117N7O19. The topological polar surface area (TPSA) is 319 Å². The Labute approximate surface area is 487 Å². The molecular weight excluding hydrogens is 1060 g/mol. The Bertz CT molecular complexity index is 1380. The van der Waals surface area contributed by atoms with Crippen LogP contribution >= 0.6 is 0 Å². The van der Waals surface area contributed by atoms with Crippen LogP contribution in [0.15, 0.2) is 0 Å². The number of ether oxygens (including phenoxy) is 6. The molecule has 9 atom stereocenters. The minimum Gasteiger partial charge on any atom is -0.394 e. The van der Waals surface area contributed by atoms with Gasteiger partial charge in [0, 0.05) is 140 Å². The summed E-state index contributed by atoms with van der Waals surface area (Å²) in [6.45, 7) is 18.6. The molecule has 0 aliphatic carbocycles. The van der Waals surface area contributed by atoms with Crippen LogP contribution in [0.2, 0.25) is 0 Å². The molecule has 0 bridgehead atoms. The van der Waals surface area contributed by atoms with Crippen molar-refractivity contribution >= 4 is 41.4 Å². The molecule has 7 amide bonds. The van der Waals surface area contributed by atoms with Crippen LogP contribution in [-0.4, -0.2) is 319 Å². The summed E-state index contributed by atoms with van der Waals surface area (Å²) in [6.07, 6.45) is -5.64. The molecule has 0 aromatic carbocycles. The average Bonchev–Trinajstić information content (AvgIpc) is 3.36. The zero-order valence-corrected chi connectivity index (χ0v) is 54.8. The third-order valence-electron chi connectivity index (χ3n) is 10.7. The van der Waals surface area contributed by atoms with E-state index in [4.69, 9.17) is 28.4 Å². The van der Waals surface area contributed by atoms with Gasteiger partial charge in [-0.05, 0) is 60.8 Å². The minimum atomic E-state index is -1.32. The Balaban J connectivity index is -0.000000240. The number of hydrogen-bond donors (Lipinski definition) is 6. The summed E-state index contributed by atoms with van der Waals surface area (Å²) < 4.78 is 34.6. The SMILES string of the molecule is CC(=O)N(C)C.CC(=O)N(C)C.CC(=O)N(C)C.CC(=O)N(C)C.CC(=O)N(C)C.CC(=O)N(C)C.CC(O)COC(C)COC(CO)CC(CC(CO)OCC(C)OCC(C)O)(CC(CO)OCC(C)OCC(C)O)C(=O)N(C)C. The highest BCUT2D eigenvalue weighted by Crippen LogP contribution is 2.39. The van der Waals surface area contributed by atoms with Gasteiger partial charge in [-0.3, -0.25) is 33.6 Å². The van der Waals surface area contributed by atoms with E-state index < -0.39 is 80.2 Å². The second kappa shape index (κ2) is 53.8. The average molecular weight is 1180 g/mol. The van der Waals surface area contributed by atoms with Crippen molar-refractivity contribution in [3.8, 4) is 0 Å². The molecule has 486 valence electrons. The zero-order chi connectivity index (χ0) is 65.5. The van der Waals surface area contributed by atoms with Gasteiger partial charge in [-0.25, -0.2) is 0 Å². The van der Waals surface area contributed by atoms with Crippen LogP contribution in [0.4, 0.5) is 0 Å². The van der Waals surface area contributed by atoms with Crippen LogP contribution in [0.1, 0.15) is 102 Å². The number of amides is 7. The molecule has 0 rings (SSSR count). The van der Waals surface area contributed by atoms with E-state index >= 15 is 0 Å². The zero-order valence-electron chi connectivity index (χ0n) is 54.8. The first-order valence-corrected chi connectivity index (χ1v) is 26.8. The van der Waals surface area contributed by atoms with Gasteiger partial charge in [-0.2, -0.15) is 0 Å². The highest BCUT2D eigenvalue weighted by molar-refractivity contribution is 5.82. The molecule has 0 aromatic rings. The molecule has 0 aromatic heterocycles. The van der Waals surface area contributed by atoms with Gasteiger partial charge in [-0.1, -0.05) is 0 Å². The third kappa shape index (κ3) is 63.2. The van der Waals surface area contributed by atoms with Crippen LogP contribution in [0.5, 0.6) is 0 Å². The van der Waals surface area contributed by atoms with Crippen LogP contribution in [0.25, 0.3) is 0 Å². The summed E-state index contributed by atoms with van der Waals surface area (Å²) in [7, 11) is 23.9. The molecule has 0 heterocycles. The van der Waals surface area contributed by atoms with Gasteiger partial charge in [0.05, 0.1) is 120 Å². The predicted molar refractivity (Wildman–Crippen MR) is 313 cm³/mol. The van der Waals surface area contributed by atoms with Crippen molar-refractivity contribution in [2.75, 3.05) is 158 Å². The highest BCUT2D eigenvalue weighted by atomic mass is 16.6. The predicted octanol–water partition coefficient (Wildman–Crippen LogP) is 0.288. The van der Waals surface area contributed by atoms with Crippen molar-refractivity contribution in [3.63, 3.8) is 0 Å². The van der Waals surface area contributed by atoms with Crippen molar-refractivity contribution in [1.82, 2.24) is 34.3 Å². The van der Waals surface area contributed by atoms with E-state index in [-0.39, 0.29) is 100 Å². The summed E-state index contributed by atoms with van der Waals surface area (Å²) in [5, 5.41) is 59.5. The highest BCUT2D eigenvalue weighted by Gasteiger charge is 2.45. The second-order valence-corrected chi connectivity index (χ2v) is 21.0. The molecule has 0 fully saturated rings. The van der Waals surface area contributed by atoms with Gasteiger partial charge in [0.25, 0.3) is 0 Å². The number of carbonyl (C=O) groups is 7. The molecule has 6 N–H and O–H groups in total. The molecule has 26 heteroatoms. The molecule has 0 spiro atoms. The third-order valence-corrected chi connectivity index (χ3v) is 10.7. The van der Waals surface area contributed by atoms with Crippen molar-refractivity contribution in [2.24, 2.45) is 5.41 Å². The van der Waals surface area contributed by atoms with Crippen molar-refractivity contribution in [1.29, 1.82) is 0 Å². The van der Waals surface area contributed by atoms with Gasteiger partial charge >= 0.3 is 0 Å². The fraction of sp³-hybridized carbons (Fsp3) is 0.873. The molecule has 0 saturated carbocycles. The Morgan fingerprint density at radius 1 is 0.321 bits per heavy atom. The molecule has 81 heavy (non-hydrogen) atoms. The lowest BCUT2D eigenvalue weighted by Crippen LogP contribution is -2.49. The van der Waals surface area contributed by atoms with E-state index in [1.807, 2.05) is 0 Å². The first-order chi connectivity index (χ1) is 36.9. The summed E-state index contributed by atoms with van der Waals surface area (Å²) in [5.41, 5.74) is -1.32. The summed E-state index contributed by atoms with van der Waals surface area (Å²) in [6, 6.07) is 0. The first kappa shape index (κ1) is 90.6. The molecule has 0 aliphatic rings. The van der Waals surface area contributed by atoms with Gasteiger partial charge in [0.1, 0.15) is 0 Å². The monoisotopic (exact) mass is 1180 g/mol. The maximum absolute atomic E-state index is 14.0. The van der Waals surface area contributed by atoms with Gasteiger partial charge in [0.15, 0.2) is 0 Å². The fourth-order valence-electron chi connectivity index (χ4n) is 4.69. The number of aliphatic hydroxyl groups excluding tert-OH is 6. The Hall–Kier alpha value is -4.19. The molecule has 9 unspecified atom stereocenters. The maximum Gasteiger partial charge on any atom is 0.228 e. The normalized spacial score (nSPS) is 14.3. The number of rotatable bonds is 28. The van der Waals surface area contributed by atoms with E-state index in [2.05, 4.69) is 0 Å². The van der Waals surface area contributed by atoms with E-state index in [0.717, 1.165) is 0 Å². The van der Waals surface area contributed by atoms with Crippen molar-refractivity contribution in [2.45, 2.75) is 157 Å². The van der Waals surface area contributed by atoms with Gasteiger partial charge in [-0.15, -0.1) is 0 Å². The van der Waals surface area contributed by atoms with E-state index in [9.17, 15) is 64.2 Å². The van der Waals surface area contributed by atoms with Crippen LogP contribution in [-0.2, 0) is 62.0 Å². The number of hydrogen-bond acceptors (Lipinski definition) is 19. The second-order valence-electron chi connectivity index (χ2n) is 21.0. The maximum atomic E-state index is 14.0. The number of carbonyl (C=O) groups excluding carboxylic acids is 7. The standard InChI is InChI=1S/C31H63NO13.6C4H9NO/c1-21(36)15-40-24(4)18-43-27(12-33)9-31(30(39)32(7)8,10-28(13-34)44-19-25(5)41-16-22(2)37)11-29(14-35)45-20-26(6)42-17-23(3)38;6*1-4(6)5(2)3/h21-29,33-38H,9-20H2,1-8H3;6*1-3H3. The number of nitrogens with zero attached hydrogens (tertiary/aromatic N) is 7. The molecule has 0 radical (unpaired) electrons. The Kier molecular flexibility index (Phi) is 60.2. The largest absolute Gasteiger partial charge is 0.394 e. The molecule has 26 nitrogen and oxygen atoms in total. The number of aliphatic hydroxyl groups is 6. The molecule has 0 saturated heterocycles. The van der Waals surface area contributed by atoms with Gasteiger partial charge < -0.3 is 93.4 Å². The van der Waals surface area contributed by atoms with Crippen molar-refractivity contribution < 1.29 is 92.6 Å². The van der Waals surface area contributed by atoms with E-state index in [1.165, 1.54) is 75.8 Å².